The summed E-state index contributed by atoms with van der Waals surface area (Å²) in [5, 5.41) is 5.73. The van der Waals surface area contributed by atoms with Gasteiger partial charge in [0.05, 0.1) is 44.3 Å². The zero-order valence-corrected chi connectivity index (χ0v) is 29.5. The Morgan fingerprint density at radius 2 is 1.02 bits per heavy atom. The van der Waals surface area contributed by atoms with E-state index in [1.54, 1.807) is 0 Å². The quantitative estimate of drug-likeness (QED) is 0.183. The Balaban J connectivity index is 1.15. The van der Waals surface area contributed by atoms with Gasteiger partial charge < -0.3 is 4.57 Å². The zero-order valence-electron chi connectivity index (χ0n) is 29.5. The predicted molar refractivity (Wildman–Crippen MR) is 225 cm³/mol. The first-order valence-corrected chi connectivity index (χ1v) is 18.5. The molecule has 0 spiro atoms. The van der Waals surface area contributed by atoms with Gasteiger partial charge >= 0.3 is 0 Å². The second kappa shape index (κ2) is 11.5. The van der Waals surface area contributed by atoms with Crippen LogP contribution in [0, 0.1) is 0 Å². The van der Waals surface area contributed by atoms with Crippen LogP contribution in [0.3, 0.4) is 0 Å². The number of hydrogen-bond acceptors (Lipinski definition) is 3. The number of fused-ring (bicyclic) bond motifs is 11. The van der Waals surface area contributed by atoms with Gasteiger partial charge in [-0.1, -0.05) is 103 Å². The number of rotatable bonds is 4. The van der Waals surface area contributed by atoms with Gasteiger partial charge in [0.2, 0.25) is 5.95 Å². The number of aromatic nitrogens is 6. The van der Waals surface area contributed by atoms with Crippen LogP contribution in [0.15, 0.2) is 182 Å². The standard InChI is InChI=1S/C49H30N6/c1-3-13-31(14-4-1)46-37-18-7-9-19-40(37)51-49(52-46)55-44-27-23-33(30-39(44)36-24-25-41-48(47(36)55)53-28-12-11-21-45(53)50-41)32-22-26-43-38(29-32)35-17-8-10-20-42(35)54(43)34-15-5-2-6-16-34/h1-30H. The topological polar surface area (TPSA) is 52.9 Å². The van der Waals surface area contributed by atoms with Crippen molar-refractivity contribution in [2.75, 3.05) is 0 Å². The number of benzene rings is 7. The van der Waals surface area contributed by atoms with Crippen molar-refractivity contribution in [3.63, 3.8) is 0 Å². The third-order valence-electron chi connectivity index (χ3n) is 11.1. The molecule has 0 aliphatic rings. The van der Waals surface area contributed by atoms with Crippen molar-refractivity contribution in [3.05, 3.63) is 182 Å². The smallest absolute Gasteiger partial charge is 0.235 e. The molecule has 0 unspecified atom stereocenters. The molecule has 12 rings (SSSR count). The average Bonchev–Trinajstić information content (AvgIpc) is 3.91. The van der Waals surface area contributed by atoms with Crippen molar-refractivity contribution in [2.45, 2.75) is 0 Å². The van der Waals surface area contributed by atoms with Crippen LogP contribution >= 0.6 is 0 Å². The Labute approximate surface area is 314 Å². The summed E-state index contributed by atoms with van der Waals surface area (Å²) in [4.78, 5) is 15.7. The van der Waals surface area contributed by atoms with Crippen molar-refractivity contribution < 1.29 is 0 Å². The highest BCUT2D eigenvalue weighted by molar-refractivity contribution is 6.18. The molecule has 0 saturated carbocycles. The van der Waals surface area contributed by atoms with Crippen LogP contribution in [0.2, 0.25) is 0 Å². The zero-order chi connectivity index (χ0) is 36.0. The van der Waals surface area contributed by atoms with E-state index in [1.807, 2.05) is 18.2 Å². The van der Waals surface area contributed by atoms with Crippen LogP contribution < -0.4 is 0 Å². The second-order valence-electron chi connectivity index (χ2n) is 14.1. The van der Waals surface area contributed by atoms with Crippen LogP contribution in [0.5, 0.6) is 0 Å². The van der Waals surface area contributed by atoms with E-state index in [-0.39, 0.29) is 0 Å². The summed E-state index contributed by atoms with van der Waals surface area (Å²) in [5.41, 5.74) is 13.6. The lowest BCUT2D eigenvalue weighted by atomic mass is 10.0. The lowest BCUT2D eigenvalue weighted by Crippen LogP contribution is -2.04. The van der Waals surface area contributed by atoms with E-state index in [9.17, 15) is 0 Å². The molecule has 0 saturated heterocycles. The van der Waals surface area contributed by atoms with Gasteiger partial charge in [0, 0.05) is 44.4 Å². The Hall–Kier alpha value is -7.57. The highest BCUT2D eigenvalue weighted by atomic mass is 15.2. The number of pyridine rings is 1. The molecule has 0 fully saturated rings. The van der Waals surface area contributed by atoms with Crippen molar-refractivity contribution in [1.82, 2.24) is 28.5 Å². The number of nitrogens with zero attached hydrogens (tertiary/aromatic N) is 6. The molecule has 0 atom stereocenters. The maximum atomic E-state index is 5.38. The molecule has 0 N–H and O–H groups in total. The van der Waals surface area contributed by atoms with E-state index in [4.69, 9.17) is 15.0 Å². The van der Waals surface area contributed by atoms with E-state index in [1.165, 1.54) is 21.8 Å². The van der Waals surface area contributed by atoms with Gasteiger partial charge in [-0.3, -0.25) is 8.97 Å². The van der Waals surface area contributed by atoms with Crippen molar-refractivity contribution in [3.8, 4) is 34.0 Å². The first kappa shape index (κ1) is 29.9. The van der Waals surface area contributed by atoms with E-state index in [2.05, 4.69) is 177 Å². The molecule has 7 aromatic carbocycles. The maximum Gasteiger partial charge on any atom is 0.235 e. The summed E-state index contributed by atoms with van der Waals surface area (Å²) >= 11 is 0. The third kappa shape index (κ3) is 4.39. The number of para-hydroxylation sites is 3. The minimum Gasteiger partial charge on any atom is -0.309 e. The van der Waals surface area contributed by atoms with Crippen molar-refractivity contribution >= 4 is 71.2 Å². The normalized spacial score (nSPS) is 12.0. The average molecular weight is 703 g/mol. The third-order valence-corrected chi connectivity index (χ3v) is 11.1. The van der Waals surface area contributed by atoms with Gasteiger partial charge in [-0.25, -0.2) is 15.0 Å². The maximum absolute atomic E-state index is 5.38. The molecule has 256 valence electrons. The molecular formula is C49H30N6. The minimum absolute atomic E-state index is 0.624. The minimum atomic E-state index is 0.624. The first-order valence-electron chi connectivity index (χ1n) is 18.5. The monoisotopic (exact) mass is 702 g/mol. The summed E-state index contributed by atoms with van der Waals surface area (Å²) in [7, 11) is 0. The van der Waals surface area contributed by atoms with Gasteiger partial charge in [-0.05, 0) is 83.9 Å². The van der Waals surface area contributed by atoms with Gasteiger partial charge in [-0.2, -0.15) is 0 Å². The van der Waals surface area contributed by atoms with Crippen LogP contribution in [-0.2, 0) is 0 Å². The lowest BCUT2D eigenvalue weighted by molar-refractivity contribution is 1.01. The summed E-state index contributed by atoms with van der Waals surface area (Å²) in [6.45, 7) is 0. The molecule has 12 aromatic rings. The van der Waals surface area contributed by atoms with Gasteiger partial charge in [-0.15, -0.1) is 0 Å². The van der Waals surface area contributed by atoms with E-state index in [0.29, 0.717) is 5.95 Å². The molecule has 6 nitrogen and oxygen atoms in total. The fraction of sp³-hybridized carbons (Fsp3) is 0. The Morgan fingerprint density at radius 1 is 0.364 bits per heavy atom. The lowest BCUT2D eigenvalue weighted by Gasteiger charge is -2.12. The number of imidazole rings is 1. The highest BCUT2D eigenvalue weighted by Gasteiger charge is 2.22. The van der Waals surface area contributed by atoms with E-state index < -0.39 is 0 Å². The van der Waals surface area contributed by atoms with Crippen LogP contribution in [0.1, 0.15) is 0 Å². The van der Waals surface area contributed by atoms with Gasteiger partial charge in [0.25, 0.3) is 0 Å². The molecule has 0 aliphatic carbocycles. The summed E-state index contributed by atoms with van der Waals surface area (Å²) < 4.78 is 6.79. The van der Waals surface area contributed by atoms with Gasteiger partial charge in [0.1, 0.15) is 5.65 Å². The van der Waals surface area contributed by atoms with Crippen LogP contribution in [-0.4, -0.2) is 28.5 Å². The molecule has 6 heteroatoms. The Bertz CT molecular complexity index is 3480. The molecule has 5 heterocycles. The molecule has 0 bridgehead atoms. The molecule has 55 heavy (non-hydrogen) atoms. The Kier molecular flexibility index (Phi) is 6.24. The first-order chi connectivity index (χ1) is 27.3. The fourth-order valence-corrected chi connectivity index (χ4v) is 8.62. The Morgan fingerprint density at radius 3 is 1.84 bits per heavy atom. The van der Waals surface area contributed by atoms with Crippen LogP contribution in [0.4, 0.5) is 0 Å². The van der Waals surface area contributed by atoms with E-state index in [0.717, 1.165) is 77.5 Å². The number of hydrogen-bond donors (Lipinski definition) is 0. The fourth-order valence-electron chi connectivity index (χ4n) is 8.62. The molecule has 5 aromatic heterocycles. The molecule has 0 aliphatic heterocycles. The summed E-state index contributed by atoms with van der Waals surface area (Å²) in [6.07, 6.45) is 2.09. The molecule has 0 amide bonds. The highest BCUT2D eigenvalue weighted by Crippen LogP contribution is 2.40. The van der Waals surface area contributed by atoms with Gasteiger partial charge in [0.15, 0.2) is 0 Å². The SMILES string of the molecule is c1ccc(-c2nc(-n3c4ccc(-c5ccc6c(c5)c5ccccc5n6-c5ccccc5)cc4c4ccc5nc6ccccn6c5c43)nc3ccccc23)cc1. The summed E-state index contributed by atoms with van der Waals surface area (Å²) in [6, 6.07) is 62.2. The predicted octanol–water partition coefficient (Wildman–Crippen LogP) is 12.0. The van der Waals surface area contributed by atoms with Crippen molar-refractivity contribution in [2.24, 2.45) is 0 Å². The molecule has 0 radical (unpaired) electrons. The van der Waals surface area contributed by atoms with Crippen LogP contribution in [0.25, 0.3) is 105 Å². The second-order valence-corrected chi connectivity index (χ2v) is 14.1. The van der Waals surface area contributed by atoms with E-state index >= 15 is 0 Å². The largest absolute Gasteiger partial charge is 0.309 e. The molecular weight excluding hydrogens is 673 g/mol. The van der Waals surface area contributed by atoms with Crippen molar-refractivity contribution in [1.29, 1.82) is 0 Å². The summed E-state index contributed by atoms with van der Waals surface area (Å²) in [5.74, 6) is 0.624.